The van der Waals surface area contributed by atoms with E-state index in [0.717, 1.165) is 39.1 Å². The summed E-state index contributed by atoms with van der Waals surface area (Å²) in [5, 5.41) is 9.70. The van der Waals surface area contributed by atoms with Gasteiger partial charge in [-0.3, -0.25) is 0 Å². The summed E-state index contributed by atoms with van der Waals surface area (Å²) in [6, 6.07) is 16.2. The van der Waals surface area contributed by atoms with Crippen LogP contribution in [0.2, 0.25) is 0 Å². The molecule has 1 aromatic heterocycles. The molecule has 2 aromatic carbocycles. The van der Waals surface area contributed by atoms with Gasteiger partial charge in [0, 0.05) is 22.3 Å². The zero-order valence-electron chi connectivity index (χ0n) is 13.6. The van der Waals surface area contributed by atoms with Crippen molar-refractivity contribution in [3.8, 4) is 17.1 Å². The minimum Gasteiger partial charge on any atom is -0.497 e. The van der Waals surface area contributed by atoms with Gasteiger partial charge < -0.3 is 9.30 Å². The van der Waals surface area contributed by atoms with E-state index < -0.39 is 0 Å². The molecule has 0 aliphatic heterocycles. The van der Waals surface area contributed by atoms with Gasteiger partial charge in [0.15, 0.2) is 11.0 Å². The van der Waals surface area contributed by atoms with E-state index in [0.29, 0.717) is 0 Å². The smallest absolute Gasteiger partial charge is 0.191 e. The summed E-state index contributed by atoms with van der Waals surface area (Å²) in [4.78, 5) is 0. The second kappa shape index (κ2) is 7.85. The van der Waals surface area contributed by atoms with E-state index in [1.807, 2.05) is 36.4 Å². The lowest BCUT2D eigenvalue weighted by Gasteiger charge is -2.08. The molecule has 0 radical (unpaired) electrons. The number of rotatable bonds is 6. The van der Waals surface area contributed by atoms with Crippen LogP contribution in [0.5, 0.6) is 5.75 Å². The Morgan fingerprint density at radius 3 is 2.71 bits per heavy atom. The lowest BCUT2D eigenvalue weighted by atomic mass is 10.2. The Hall–Kier alpha value is -1.79. The highest BCUT2D eigenvalue weighted by atomic mass is 79.9. The van der Waals surface area contributed by atoms with E-state index in [1.165, 1.54) is 5.56 Å². The highest BCUT2D eigenvalue weighted by Crippen LogP contribution is 2.28. The van der Waals surface area contributed by atoms with Gasteiger partial charge in [0.1, 0.15) is 5.75 Å². The van der Waals surface area contributed by atoms with E-state index in [2.05, 4.69) is 49.8 Å². The van der Waals surface area contributed by atoms with Crippen molar-refractivity contribution in [3.05, 3.63) is 58.6 Å². The summed E-state index contributed by atoms with van der Waals surface area (Å²) in [7, 11) is 1.67. The maximum atomic E-state index is 5.31. The molecule has 0 spiro atoms. The molecule has 124 valence electrons. The monoisotopic (exact) mass is 403 g/mol. The van der Waals surface area contributed by atoms with Crippen molar-refractivity contribution in [3.63, 3.8) is 0 Å². The quantitative estimate of drug-likeness (QED) is 0.541. The van der Waals surface area contributed by atoms with Gasteiger partial charge in [0.2, 0.25) is 0 Å². The fraction of sp³-hybridized carbons (Fsp3) is 0.222. The summed E-state index contributed by atoms with van der Waals surface area (Å²) < 4.78 is 8.53. The highest BCUT2D eigenvalue weighted by molar-refractivity contribution is 9.10. The molecule has 0 fully saturated rings. The molecular formula is C18H18BrN3OS. The summed E-state index contributed by atoms with van der Waals surface area (Å²) in [6.07, 6.45) is 0. The van der Waals surface area contributed by atoms with Gasteiger partial charge in [0.25, 0.3) is 0 Å². The van der Waals surface area contributed by atoms with Crippen LogP contribution in [0.4, 0.5) is 0 Å². The van der Waals surface area contributed by atoms with Gasteiger partial charge in [0.05, 0.1) is 7.11 Å². The molecule has 0 saturated heterocycles. The van der Waals surface area contributed by atoms with Gasteiger partial charge in [-0.15, -0.1) is 10.2 Å². The number of halogens is 1. The van der Waals surface area contributed by atoms with Crippen LogP contribution in [0.15, 0.2) is 58.2 Å². The summed E-state index contributed by atoms with van der Waals surface area (Å²) >= 11 is 5.21. The SMILES string of the molecule is CCn1c(SCc2cccc(Br)c2)nnc1-c1cccc(OC)c1. The Morgan fingerprint density at radius 2 is 1.96 bits per heavy atom. The Morgan fingerprint density at radius 1 is 1.12 bits per heavy atom. The van der Waals surface area contributed by atoms with E-state index >= 15 is 0 Å². The third-order valence-corrected chi connectivity index (χ3v) is 5.15. The number of ether oxygens (including phenoxy) is 1. The van der Waals surface area contributed by atoms with Gasteiger partial charge in [-0.05, 0) is 36.8 Å². The van der Waals surface area contributed by atoms with Crippen molar-refractivity contribution >= 4 is 27.7 Å². The van der Waals surface area contributed by atoms with Crippen LogP contribution >= 0.6 is 27.7 Å². The zero-order chi connectivity index (χ0) is 16.9. The molecular weight excluding hydrogens is 386 g/mol. The Labute approximate surface area is 154 Å². The second-order valence-corrected chi connectivity index (χ2v) is 7.06. The molecule has 0 N–H and O–H groups in total. The maximum absolute atomic E-state index is 5.31. The van der Waals surface area contributed by atoms with Gasteiger partial charge >= 0.3 is 0 Å². The summed E-state index contributed by atoms with van der Waals surface area (Å²) in [6.45, 7) is 2.93. The van der Waals surface area contributed by atoms with Crippen molar-refractivity contribution < 1.29 is 4.74 Å². The summed E-state index contributed by atoms with van der Waals surface area (Å²) in [5.41, 5.74) is 2.26. The van der Waals surface area contributed by atoms with Crippen LogP contribution < -0.4 is 4.74 Å². The molecule has 0 saturated carbocycles. The zero-order valence-corrected chi connectivity index (χ0v) is 16.0. The first-order valence-corrected chi connectivity index (χ1v) is 9.44. The largest absolute Gasteiger partial charge is 0.497 e. The van der Waals surface area contributed by atoms with Gasteiger partial charge in [-0.1, -0.05) is 52.0 Å². The van der Waals surface area contributed by atoms with E-state index in [-0.39, 0.29) is 0 Å². The average Bonchev–Trinajstić information content (AvgIpc) is 3.03. The second-order valence-electron chi connectivity index (χ2n) is 5.20. The lowest BCUT2D eigenvalue weighted by molar-refractivity contribution is 0.415. The summed E-state index contributed by atoms with van der Waals surface area (Å²) in [5.74, 6) is 2.55. The molecule has 0 aliphatic rings. The van der Waals surface area contributed by atoms with Gasteiger partial charge in [-0.25, -0.2) is 0 Å². The number of hydrogen-bond donors (Lipinski definition) is 0. The first-order chi connectivity index (χ1) is 11.7. The van der Waals surface area contributed by atoms with Crippen LogP contribution in [0, 0.1) is 0 Å². The fourth-order valence-corrected chi connectivity index (χ4v) is 3.82. The third kappa shape index (κ3) is 3.82. The molecule has 0 atom stereocenters. The van der Waals surface area contributed by atoms with E-state index in [1.54, 1.807) is 18.9 Å². The molecule has 3 aromatic rings. The normalized spacial score (nSPS) is 10.8. The van der Waals surface area contributed by atoms with Crippen LogP contribution in [-0.4, -0.2) is 21.9 Å². The number of methoxy groups -OCH3 is 1. The molecule has 0 bridgehead atoms. The Kier molecular flexibility index (Phi) is 5.58. The number of hydrogen-bond acceptors (Lipinski definition) is 4. The number of nitrogens with zero attached hydrogens (tertiary/aromatic N) is 3. The van der Waals surface area contributed by atoms with Crippen LogP contribution in [0.1, 0.15) is 12.5 Å². The van der Waals surface area contributed by atoms with Crippen LogP contribution in [-0.2, 0) is 12.3 Å². The molecule has 0 amide bonds. The highest BCUT2D eigenvalue weighted by Gasteiger charge is 2.13. The molecule has 6 heteroatoms. The first kappa shape index (κ1) is 17.0. The third-order valence-electron chi connectivity index (χ3n) is 3.62. The standard InChI is InChI=1S/C18H18BrN3OS/c1-3-22-17(14-7-5-9-16(11-14)23-2)20-21-18(22)24-12-13-6-4-8-15(19)10-13/h4-11H,3,12H2,1-2H3. The van der Waals surface area contributed by atoms with E-state index in [9.17, 15) is 0 Å². The number of benzene rings is 2. The molecule has 0 aliphatic carbocycles. The lowest BCUT2D eigenvalue weighted by Crippen LogP contribution is -2.00. The van der Waals surface area contributed by atoms with Gasteiger partial charge in [-0.2, -0.15) is 0 Å². The number of thioether (sulfide) groups is 1. The molecule has 24 heavy (non-hydrogen) atoms. The number of aromatic nitrogens is 3. The molecule has 3 rings (SSSR count). The molecule has 0 unspecified atom stereocenters. The Balaban J connectivity index is 1.84. The minimum absolute atomic E-state index is 0.820. The minimum atomic E-state index is 0.820. The van der Waals surface area contributed by atoms with Crippen molar-refractivity contribution in [2.75, 3.05) is 7.11 Å². The van der Waals surface area contributed by atoms with Crippen molar-refractivity contribution in [2.45, 2.75) is 24.4 Å². The topological polar surface area (TPSA) is 39.9 Å². The van der Waals surface area contributed by atoms with Crippen molar-refractivity contribution in [1.29, 1.82) is 0 Å². The van der Waals surface area contributed by atoms with Crippen LogP contribution in [0.25, 0.3) is 11.4 Å². The molecule has 1 heterocycles. The first-order valence-electron chi connectivity index (χ1n) is 7.66. The maximum Gasteiger partial charge on any atom is 0.191 e. The van der Waals surface area contributed by atoms with E-state index in [4.69, 9.17) is 4.74 Å². The van der Waals surface area contributed by atoms with Crippen molar-refractivity contribution in [1.82, 2.24) is 14.8 Å². The van der Waals surface area contributed by atoms with Crippen molar-refractivity contribution in [2.24, 2.45) is 0 Å². The molecule has 4 nitrogen and oxygen atoms in total. The average molecular weight is 404 g/mol. The van der Waals surface area contributed by atoms with Crippen LogP contribution in [0.3, 0.4) is 0 Å². The predicted molar refractivity (Wildman–Crippen MR) is 101 cm³/mol. The predicted octanol–water partition coefficient (Wildman–Crippen LogP) is 5.03. The Bertz CT molecular complexity index is 835. The fourth-order valence-electron chi connectivity index (χ4n) is 2.43.